The second-order valence-corrected chi connectivity index (χ2v) is 5.88. The Labute approximate surface area is 129 Å². The molecule has 5 heteroatoms. The third kappa shape index (κ3) is 2.79. The molecule has 4 nitrogen and oxygen atoms in total. The summed E-state index contributed by atoms with van der Waals surface area (Å²) < 4.78 is 11.3. The van der Waals surface area contributed by atoms with Crippen molar-refractivity contribution < 1.29 is 9.15 Å². The van der Waals surface area contributed by atoms with E-state index in [1.54, 1.807) is 0 Å². The molecule has 0 saturated heterocycles. The lowest BCUT2D eigenvalue weighted by atomic mass is 9.97. The number of benzene rings is 1. The highest BCUT2D eigenvalue weighted by Crippen LogP contribution is 2.35. The molecular weight excluding hydrogens is 288 g/mol. The number of hydrogen-bond acceptors (Lipinski definition) is 4. The zero-order valence-electron chi connectivity index (χ0n) is 12.2. The van der Waals surface area contributed by atoms with Gasteiger partial charge < -0.3 is 9.15 Å². The summed E-state index contributed by atoms with van der Waals surface area (Å²) in [5, 5.41) is 0.741. The summed E-state index contributed by atoms with van der Waals surface area (Å²) in [4.78, 5) is 0. The van der Waals surface area contributed by atoms with Crippen LogP contribution in [0.3, 0.4) is 0 Å². The van der Waals surface area contributed by atoms with E-state index in [1.165, 1.54) is 5.56 Å². The van der Waals surface area contributed by atoms with Gasteiger partial charge in [0.2, 0.25) is 0 Å². The smallest absolute Gasteiger partial charge is 0.125 e. The van der Waals surface area contributed by atoms with Crippen molar-refractivity contribution >= 4 is 11.6 Å². The lowest BCUT2D eigenvalue weighted by Crippen LogP contribution is -2.29. The standard InChI is InChI=1S/C16H19ClN2O2/c1-9-5-14(10(2)21-9)15(19-18)8-12-7-13(17)6-11-3-4-20-16(11)12/h5-7,15,19H,3-4,8,18H2,1-2H3. The van der Waals surface area contributed by atoms with Gasteiger partial charge in [-0.05, 0) is 49.6 Å². The summed E-state index contributed by atoms with van der Waals surface area (Å²) in [6.07, 6.45) is 1.62. The summed E-state index contributed by atoms with van der Waals surface area (Å²) in [6, 6.07) is 5.92. The normalized spacial score (nSPS) is 14.9. The van der Waals surface area contributed by atoms with Crippen molar-refractivity contribution in [3.05, 3.63) is 51.4 Å². The Balaban J connectivity index is 1.93. The molecule has 1 aliphatic heterocycles. The van der Waals surface area contributed by atoms with Crippen LogP contribution >= 0.6 is 11.6 Å². The third-order valence-electron chi connectivity index (χ3n) is 3.91. The maximum atomic E-state index is 6.21. The molecule has 1 aromatic heterocycles. The second kappa shape index (κ2) is 5.72. The zero-order valence-corrected chi connectivity index (χ0v) is 13.0. The largest absolute Gasteiger partial charge is 0.493 e. The molecule has 21 heavy (non-hydrogen) atoms. The molecule has 0 amide bonds. The molecule has 112 valence electrons. The van der Waals surface area contributed by atoms with E-state index in [1.807, 2.05) is 32.0 Å². The minimum absolute atomic E-state index is 0.0331. The van der Waals surface area contributed by atoms with Crippen LogP contribution in [0.5, 0.6) is 5.75 Å². The number of fused-ring (bicyclic) bond motifs is 1. The topological polar surface area (TPSA) is 60.4 Å². The van der Waals surface area contributed by atoms with Crippen molar-refractivity contribution in [2.24, 2.45) is 5.84 Å². The van der Waals surface area contributed by atoms with Crippen LogP contribution in [-0.2, 0) is 12.8 Å². The van der Waals surface area contributed by atoms with E-state index in [9.17, 15) is 0 Å². The Morgan fingerprint density at radius 2 is 2.14 bits per heavy atom. The Kier molecular flexibility index (Phi) is 3.93. The van der Waals surface area contributed by atoms with Crippen LogP contribution in [-0.4, -0.2) is 6.61 Å². The first kappa shape index (κ1) is 14.4. The molecule has 3 rings (SSSR count). The van der Waals surface area contributed by atoms with Crippen molar-refractivity contribution in [1.82, 2.24) is 5.43 Å². The molecule has 0 aliphatic carbocycles. The highest BCUT2D eigenvalue weighted by molar-refractivity contribution is 6.30. The molecule has 2 aromatic rings. The van der Waals surface area contributed by atoms with Gasteiger partial charge in [-0.2, -0.15) is 0 Å². The molecular formula is C16H19ClN2O2. The first-order valence-electron chi connectivity index (χ1n) is 7.05. The molecule has 1 aliphatic rings. The average Bonchev–Trinajstić information content (AvgIpc) is 3.02. The molecule has 1 atom stereocenters. The fourth-order valence-electron chi connectivity index (χ4n) is 2.97. The lowest BCUT2D eigenvalue weighted by molar-refractivity contribution is 0.351. The van der Waals surface area contributed by atoms with Crippen LogP contribution in [0.15, 0.2) is 22.6 Å². The molecule has 3 N–H and O–H groups in total. The van der Waals surface area contributed by atoms with Gasteiger partial charge in [-0.1, -0.05) is 11.6 Å². The van der Waals surface area contributed by atoms with Crippen molar-refractivity contribution in [3.8, 4) is 5.75 Å². The SMILES string of the molecule is Cc1cc(C(Cc2cc(Cl)cc3c2OCC3)NN)c(C)o1. The number of ether oxygens (including phenoxy) is 1. The number of hydrogen-bond donors (Lipinski definition) is 2. The molecule has 0 radical (unpaired) electrons. The first-order chi connectivity index (χ1) is 10.1. The molecule has 1 aromatic carbocycles. The average molecular weight is 307 g/mol. The van der Waals surface area contributed by atoms with E-state index in [0.29, 0.717) is 13.0 Å². The van der Waals surface area contributed by atoms with E-state index in [2.05, 4.69) is 5.43 Å². The Morgan fingerprint density at radius 1 is 1.33 bits per heavy atom. The van der Waals surface area contributed by atoms with Gasteiger partial charge in [0, 0.05) is 17.0 Å². The van der Waals surface area contributed by atoms with E-state index in [4.69, 9.17) is 26.6 Å². The molecule has 2 heterocycles. The summed E-state index contributed by atoms with van der Waals surface area (Å²) in [6.45, 7) is 4.60. The van der Waals surface area contributed by atoms with Crippen LogP contribution in [0.4, 0.5) is 0 Å². The summed E-state index contributed by atoms with van der Waals surface area (Å²) in [7, 11) is 0. The van der Waals surface area contributed by atoms with Gasteiger partial charge in [0.25, 0.3) is 0 Å². The van der Waals surface area contributed by atoms with Gasteiger partial charge in [-0.25, -0.2) is 0 Å². The predicted molar refractivity (Wildman–Crippen MR) is 82.6 cm³/mol. The van der Waals surface area contributed by atoms with Crippen molar-refractivity contribution in [2.45, 2.75) is 32.7 Å². The van der Waals surface area contributed by atoms with Crippen LogP contribution in [0.25, 0.3) is 0 Å². The third-order valence-corrected chi connectivity index (χ3v) is 4.12. The fraction of sp³-hybridized carbons (Fsp3) is 0.375. The fourth-order valence-corrected chi connectivity index (χ4v) is 3.24. The predicted octanol–water partition coefficient (Wildman–Crippen LogP) is 3.23. The molecule has 0 saturated carbocycles. The highest BCUT2D eigenvalue weighted by atomic mass is 35.5. The molecule has 1 unspecified atom stereocenters. The van der Waals surface area contributed by atoms with E-state index in [-0.39, 0.29) is 6.04 Å². The van der Waals surface area contributed by atoms with Gasteiger partial charge in [0.05, 0.1) is 12.6 Å². The number of halogens is 1. The molecule has 0 spiro atoms. The number of furan rings is 1. The van der Waals surface area contributed by atoms with Crippen LogP contribution in [0, 0.1) is 13.8 Å². The van der Waals surface area contributed by atoms with Crippen molar-refractivity contribution in [3.63, 3.8) is 0 Å². The number of aryl methyl sites for hydroxylation is 2. The van der Waals surface area contributed by atoms with E-state index in [0.717, 1.165) is 39.8 Å². The first-order valence-corrected chi connectivity index (χ1v) is 7.43. The monoisotopic (exact) mass is 306 g/mol. The Morgan fingerprint density at radius 3 is 2.81 bits per heavy atom. The van der Waals surface area contributed by atoms with E-state index >= 15 is 0 Å². The number of rotatable bonds is 4. The van der Waals surface area contributed by atoms with Gasteiger partial charge in [0.1, 0.15) is 17.3 Å². The second-order valence-electron chi connectivity index (χ2n) is 5.44. The van der Waals surface area contributed by atoms with Crippen LogP contribution in [0.2, 0.25) is 5.02 Å². The van der Waals surface area contributed by atoms with Gasteiger partial charge in [0.15, 0.2) is 0 Å². The van der Waals surface area contributed by atoms with Gasteiger partial charge in [-0.3, -0.25) is 11.3 Å². The van der Waals surface area contributed by atoms with Crippen LogP contribution < -0.4 is 16.0 Å². The maximum absolute atomic E-state index is 6.21. The van der Waals surface area contributed by atoms with Gasteiger partial charge >= 0.3 is 0 Å². The van der Waals surface area contributed by atoms with Crippen LogP contribution in [0.1, 0.15) is 34.3 Å². The number of nitrogens with one attached hydrogen (secondary N) is 1. The number of nitrogens with two attached hydrogens (primary N) is 1. The maximum Gasteiger partial charge on any atom is 0.125 e. The van der Waals surface area contributed by atoms with Gasteiger partial charge in [-0.15, -0.1) is 0 Å². The summed E-state index contributed by atoms with van der Waals surface area (Å²) >= 11 is 6.21. The lowest BCUT2D eigenvalue weighted by Gasteiger charge is -2.17. The zero-order chi connectivity index (χ0) is 15.0. The van der Waals surface area contributed by atoms with Crippen molar-refractivity contribution in [1.29, 1.82) is 0 Å². The molecule has 0 fully saturated rings. The minimum Gasteiger partial charge on any atom is -0.493 e. The van der Waals surface area contributed by atoms with Crippen molar-refractivity contribution in [2.75, 3.05) is 6.61 Å². The minimum atomic E-state index is -0.0331. The Hall–Kier alpha value is -1.49. The summed E-state index contributed by atoms with van der Waals surface area (Å²) in [5.74, 6) is 8.47. The molecule has 0 bridgehead atoms. The Bertz CT molecular complexity index is 667. The van der Waals surface area contributed by atoms with E-state index < -0.39 is 0 Å². The number of hydrazine groups is 1. The highest BCUT2D eigenvalue weighted by Gasteiger charge is 2.22. The quantitative estimate of drug-likeness (QED) is 0.672. The summed E-state index contributed by atoms with van der Waals surface area (Å²) in [5.41, 5.74) is 6.20.